The molecular weight excluding hydrogens is 324 g/mol. The van der Waals surface area contributed by atoms with Crippen LogP contribution in [0.4, 0.5) is 5.82 Å². The lowest BCUT2D eigenvalue weighted by Gasteiger charge is -2.36. The number of pyridine rings is 1. The Bertz CT molecular complexity index is 682. The third kappa shape index (κ3) is 4.61. The molecule has 3 rings (SSSR count). The van der Waals surface area contributed by atoms with Gasteiger partial charge in [-0.25, -0.2) is 4.98 Å². The third-order valence-corrected chi connectivity index (χ3v) is 4.90. The van der Waals surface area contributed by atoms with Gasteiger partial charge in [0.25, 0.3) is 0 Å². The zero-order valence-corrected chi connectivity index (χ0v) is 15.6. The van der Waals surface area contributed by atoms with Crippen molar-refractivity contribution in [3.05, 3.63) is 60.3 Å². The average Bonchev–Trinajstić information content (AvgIpc) is 2.69. The second-order valence-corrected chi connectivity index (χ2v) is 7.07. The molecule has 2 aromatic rings. The van der Waals surface area contributed by atoms with Crippen molar-refractivity contribution in [3.8, 4) is 0 Å². The topological polar surface area (TPSA) is 48.5 Å². The first kappa shape index (κ1) is 18.4. The van der Waals surface area contributed by atoms with E-state index in [1.807, 2.05) is 47.5 Å². The second kappa shape index (κ2) is 8.81. The van der Waals surface area contributed by atoms with Crippen molar-refractivity contribution >= 4 is 11.7 Å². The number of benzene rings is 1. The number of hydrogen-bond donors (Lipinski definition) is 1. The van der Waals surface area contributed by atoms with Crippen LogP contribution in [0, 0.1) is 5.92 Å². The molecule has 0 saturated carbocycles. The van der Waals surface area contributed by atoms with E-state index in [-0.39, 0.29) is 11.9 Å². The minimum absolute atomic E-state index is 0.173. The molecule has 0 radical (unpaired) electrons. The van der Waals surface area contributed by atoms with E-state index in [0.29, 0.717) is 12.5 Å². The highest BCUT2D eigenvalue weighted by Crippen LogP contribution is 2.21. The van der Waals surface area contributed by atoms with Gasteiger partial charge in [-0.15, -0.1) is 0 Å². The number of nitrogens with zero attached hydrogens (tertiary/aromatic N) is 3. The lowest BCUT2D eigenvalue weighted by molar-refractivity contribution is -0.130. The maximum atomic E-state index is 12.6. The van der Waals surface area contributed by atoms with Crippen LogP contribution in [0.1, 0.15) is 25.5 Å². The highest BCUT2D eigenvalue weighted by Gasteiger charge is 2.23. The zero-order chi connectivity index (χ0) is 18.4. The Hall–Kier alpha value is -2.40. The first-order valence-corrected chi connectivity index (χ1v) is 9.37. The molecule has 1 aromatic carbocycles. The van der Waals surface area contributed by atoms with E-state index in [9.17, 15) is 4.79 Å². The van der Waals surface area contributed by atoms with E-state index >= 15 is 0 Å². The molecule has 1 aromatic heterocycles. The van der Waals surface area contributed by atoms with Gasteiger partial charge in [-0.3, -0.25) is 4.79 Å². The molecule has 1 N–H and O–H groups in total. The number of carbonyl (C=O) groups excluding carboxylic acids is 1. The third-order valence-electron chi connectivity index (χ3n) is 4.90. The van der Waals surface area contributed by atoms with Gasteiger partial charge >= 0.3 is 0 Å². The van der Waals surface area contributed by atoms with Gasteiger partial charge < -0.3 is 15.1 Å². The number of rotatable bonds is 6. The van der Waals surface area contributed by atoms with E-state index in [4.69, 9.17) is 0 Å². The quantitative estimate of drug-likeness (QED) is 0.868. The summed E-state index contributed by atoms with van der Waals surface area (Å²) in [5, 5.41) is 3.46. The van der Waals surface area contributed by atoms with Crippen LogP contribution in [-0.2, 0) is 4.79 Å². The molecule has 0 bridgehead atoms. The summed E-state index contributed by atoms with van der Waals surface area (Å²) >= 11 is 0. The molecule has 1 aliphatic heterocycles. The number of nitrogens with one attached hydrogen (secondary N) is 1. The smallest absolute Gasteiger partial charge is 0.236 e. The highest BCUT2D eigenvalue weighted by molar-refractivity contribution is 5.78. The summed E-state index contributed by atoms with van der Waals surface area (Å²) < 4.78 is 0. The van der Waals surface area contributed by atoms with Crippen molar-refractivity contribution in [3.63, 3.8) is 0 Å². The molecule has 26 heavy (non-hydrogen) atoms. The van der Waals surface area contributed by atoms with Crippen LogP contribution in [-0.4, -0.2) is 48.5 Å². The lowest BCUT2D eigenvalue weighted by Crippen LogP contribution is -2.51. The van der Waals surface area contributed by atoms with Crippen molar-refractivity contribution in [2.75, 3.05) is 37.6 Å². The van der Waals surface area contributed by atoms with Crippen LogP contribution >= 0.6 is 0 Å². The molecule has 1 amide bonds. The summed E-state index contributed by atoms with van der Waals surface area (Å²) in [6.45, 7) is 7.89. The predicted molar refractivity (Wildman–Crippen MR) is 105 cm³/mol. The molecule has 138 valence electrons. The van der Waals surface area contributed by atoms with Crippen LogP contribution in [0.15, 0.2) is 54.7 Å². The molecule has 0 aliphatic carbocycles. The molecule has 0 unspecified atom stereocenters. The predicted octanol–water partition coefficient (Wildman–Crippen LogP) is 2.72. The number of aromatic nitrogens is 1. The van der Waals surface area contributed by atoms with Crippen LogP contribution < -0.4 is 10.2 Å². The SMILES string of the molecule is CC(C)[C@@H](NCC(=O)N1CCN(c2ccccn2)CC1)c1ccccc1. The first-order valence-electron chi connectivity index (χ1n) is 9.37. The standard InChI is InChI=1S/C21H28N4O/c1-17(2)21(18-8-4-3-5-9-18)23-16-20(26)25-14-12-24(13-15-25)19-10-6-7-11-22-19/h3-11,17,21,23H,12-16H2,1-2H3/t21-/m1/s1. The second-order valence-electron chi connectivity index (χ2n) is 7.07. The first-order chi connectivity index (χ1) is 12.6. The average molecular weight is 352 g/mol. The van der Waals surface area contributed by atoms with Gasteiger partial charge in [0.05, 0.1) is 6.54 Å². The van der Waals surface area contributed by atoms with E-state index in [1.54, 1.807) is 0 Å². The maximum Gasteiger partial charge on any atom is 0.236 e. The van der Waals surface area contributed by atoms with Crippen LogP contribution in [0.5, 0.6) is 0 Å². The fourth-order valence-corrected chi connectivity index (χ4v) is 3.43. The summed E-state index contributed by atoms with van der Waals surface area (Å²) in [7, 11) is 0. The van der Waals surface area contributed by atoms with E-state index in [0.717, 1.165) is 32.0 Å². The number of amides is 1. The molecule has 1 saturated heterocycles. The Labute approximate surface area is 156 Å². The summed E-state index contributed by atoms with van der Waals surface area (Å²) in [5.74, 6) is 1.58. The summed E-state index contributed by atoms with van der Waals surface area (Å²) in [6, 6.07) is 16.5. The van der Waals surface area contributed by atoms with E-state index in [1.165, 1.54) is 5.56 Å². The van der Waals surface area contributed by atoms with Gasteiger partial charge in [0.2, 0.25) is 5.91 Å². The van der Waals surface area contributed by atoms with Crippen LogP contribution in [0.3, 0.4) is 0 Å². The van der Waals surface area contributed by atoms with Gasteiger partial charge in [-0.1, -0.05) is 50.2 Å². The fraction of sp³-hybridized carbons (Fsp3) is 0.429. The minimum atomic E-state index is 0.173. The molecule has 5 heteroatoms. The van der Waals surface area contributed by atoms with E-state index in [2.05, 4.69) is 41.2 Å². The molecule has 2 heterocycles. The molecule has 1 aliphatic rings. The molecular formula is C21H28N4O. The Morgan fingerprint density at radius 3 is 2.35 bits per heavy atom. The van der Waals surface area contributed by atoms with Gasteiger partial charge in [0.1, 0.15) is 5.82 Å². The summed E-state index contributed by atoms with van der Waals surface area (Å²) in [4.78, 5) is 21.2. The zero-order valence-electron chi connectivity index (χ0n) is 15.6. The van der Waals surface area contributed by atoms with Crippen molar-refractivity contribution in [2.45, 2.75) is 19.9 Å². The number of hydrogen-bond acceptors (Lipinski definition) is 4. The van der Waals surface area contributed by atoms with Gasteiger partial charge in [0, 0.05) is 38.4 Å². The monoisotopic (exact) mass is 352 g/mol. The Morgan fingerprint density at radius 1 is 1.04 bits per heavy atom. The maximum absolute atomic E-state index is 12.6. The molecule has 0 spiro atoms. The summed E-state index contributed by atoms with van der Waals surface area (Å²) in [5.41, 5.74) is 1.23. The summed E-state index contributed by atoms with van der Waals surface area (Å²) in [6.07, 6.45) is 1.81. The van der Waals surface area contributed by atoms with E-state index < -0.39 is 0 Å². The van der Waals surface area contributed by atoms with Gasteiger partial charge in [0.15, 0.2) is 0 Å². The minimum Gasteiger partial charge on any atom is -0.353 e. The lowest BCUT2D eigenvalue weighted by atomic mass is 9.96. The number of piperazine rings is 1. The Kier molecular flexibility index (Phi) is 6.23. The Balaban J connectivity index is 1.51. The van der Waals surface area contributed by atoms with Crippen molar-refractivity contribution in [2.24, 2.45) is 5.92 Å². The van der Waals surface area contributed by atoms with Crippen LogP contribution in [0.2, 0.25) is 0 Å². The van der Waals surface area contributed by atoms with Gasteiger partial charge in [-0.05, 0) is 23.6 Å². The normalized spacial score (nSPS) is 16.0. The fourth-order valence-electron chi connectivity index (χ4n) is 3.43. The number of anilines is 1. The molecule has 1 fully saturated rings. The number of carbonyl (C=O) groups is 1. The van der Waals surface area contributed by atoms with Crippen molar-refractivity contribution in [1.82, 2.24) is 15.2 Å². The van der Waals surface area contributed by atoms with Crippen LogP contribution in [0.25, 0.3) is 0 Å². The van der Waals surface area contributed by atoms with Gasteiger partial charge in [-0.2, -0.15) is 0 Å². The van der Waals surface area contributed by atoms with Crippen molar-refractivity contribution in [1.29, 1.82) is 0 Å². The molecule has 5 nitrogen and oxygen atoms in total. The molecule has 1 atom stereocenters. The Morgan fingerprint density at radius 2 is 1.73 bits per heavy atom. The van der Waals surface area contributed by atoms with Crippen molar-refractivity contribution < 1.29 is 4.79 Å². The largest absolute Gasteiger partial charge is 0.353 e. The highest BCUT2D eigenvalue weighted by atomic mass is 16.2.